The molecule has 178 valence electrons. The van der Waals surface area contributed by atoms with Gasteiger partial charge in [0.1, 0.15) is 18.5 Å². The molecule has 2 unspecified atom stereocenters. The summed E-state index contributed by atoms with van der Waals surface area (Å²) in [6, 6.07) is 9.47. The highest BCUT2D eigenvalue weighted by molar-refractivity contribution is 6.22. The van der Waals surface area contributed by atoms with Crippen molar-refractivity contribution in [3.05, 3.63) is 53.1 Å². The zero-order chi connectivity index (χ0) is 23.7. The number of nitrogens with one attached hydrogen (secondary N) is 1. The number of amides is 3. The number of hydrogen-bond acceptors (Lipinski definition) is 8. The first-order chi connectivity index (χ1) is 16.5. The number of fused-ring (bicyclic) bond motifs is 2. The van der Waals surface area contributed by atoms with Gasteiger partial charge in [0.25, 0.3) is 17.7 Å². The maximum absolute atomic E-state index is 12.8. The monoisotopic (exact) mass is 468 g/mol. The van der Waals surface area contributed by atoms with E-state index in [0.29, 0.717) is 23.9 Å². The van der Waals surface area contributed by atoms with Crippen LogP contribution in [0.25, 0.3) is 0 Å². The smallest absolute Gasteiger partial charge is 0.261 e. The molecule has 0 saturated carbocycles. The van der Waals surface area contributed by atoms with Gasteiger partial charge < -0.3 is 29.4 Å². The molecular weight excluding hydrogens is 444 g/mol. The van der Waals surface area contributed by atoms with Crippen LogP contribution in [0.2, 0.25) is 0 Å². The number of aliphatic hydroxyl groups is 1. The normalized spacial score (nSPS) is 19.3. The molecule has 3 amide bonds. The maximum atomic E-state index is 12.8. The lowest BCUT2D eigenvalue weighted by atomic mass is 10.1. The number of carbonyl (C=O) groups is 3. The SMILES string of the molecule is O=C(NCC(O)COc1ccc2c(c1)OCO2)c1ccc2c(c1)C(=O)N(CC1CCCO1)C2=O. The molecule has 0 aromatic heterocycles. The van der Waals surface area contributed by atoms with Crippen molar-refractivity contribution in [3.63, 3.8) is 0 Å². The van der Waals surface area contributed by atoms with Gasteiger partial charge in [-0.2, -0.15) is 0 Å². The van der Waals surface area contributed by atoms with Crippen LogP contribution in [0.4, 0.5) is 0 Å². The minimum absolute atomic E-state index is 0.0463. The van der Waals surface area contributed by atoms with Crippen molar-refractivity contribution in [2.24, 2.45) is 0 Å². The molecule has 2 aromatic rings. The van der Waals surface area contributed by atoms with E-state index >= 15 is 0 Å². The molecule has 2 N–H and O–H groups in total. The minimum atomic E-state index is -0.964. The van der Waals surface area contributed by atoms with Gasteiger partial charge >= 0.3 is 0 Å². The van der Waals surface area contributed by atoms with Crippen molar-refractivity contribution in [1.82, 2.24) is 10.2 Å². The van der Waals surface area contributed by atoms with Gasteiger partial charge in [-0.25, -0.2) is 0 Å². The average molecular weight is 468 g/mol. The summed E-state index contributed by atoms with van der Waals surface area (Å²) < 4.78 is 21.6. The van der Waals surface area contributed by atoms with Gasteiger partial charge in [0.15, 0.2) is 11.5 Å². The Morgan fingerprint density at radius 2 is 1.94 bits per heavy atom. The highest BCUT2D eigenvalue weighted by Gasteiger charge is 2.38. The molecule has 10 heteroatoms. The zero-order valence-corrected chi connectivity index (χ0v) is 18.3. The summed E-state index contributed by atoms with van der Waals surface area (Å²) in [4.78, 5) is 39.2. The molecule has 1 saturated heterocycles. The van der Waals surface area contributed by atoms with Gasteiger partial charge in [-0.3, -0.25) is 19.3 Å². The number of hydrogen-bond donors (Lipinski definition) is 2. The van der Waals surface area contributed by atoms with E-state index in [2.05, 4.69) is 5.32 Å². The highest BCUT2D eigenvalue weighted by Crippen LogP contribution is 2.35. The average Bonchev–Trinajstić information content (AvgIpc) is 3.58. The zero-order valence-electron chi connectivity index (χ0n) is 18.3. The molecule has 0 spiro atoms. The molecule has 3 heterocycles. The number of rotatable bonds is 8. The van der Waals surface area contributed by atoms with E-state index in [1.807, 2.05) is 0 Å². The van der Waals surface area contributed by atoms with Crippen LogP contribution in [0.15, 0.2) is 36.4 Å². The van der Waals surface area contributed by atoms with Crippen LogP contribution in [0, 0.1) is 0 Å². The molecule has 2 aromatic carbocycles. The Kier molecular flexibility index (Phi) is 6.08. The van der Waals surface area contributed by atoms with Gasteiger partial charge in [0, 0.05) is 24.8 Å². The third-order valence-electron chi connectivity index (χ3n) is 5.93. The Morgan fingerprint density at radius 3 is 2.76 bits per heavy atom. The van der Waals surface area contributed by atoms with Crippen molar-refractivity contribution in [3.8, 4) is 17.2 Å². The van der Waals surface area contributed by atoms with Gasteiger partial charge in [0.2, 0.25) is 6.79 Å². The first-order valence-electron chi connectivity index (χ1n) is 11.1. The van der Waals surface area contributed by atoms with Gasteiger partial charge in [0.05, 0.1) is 23.8 Å². The molecule has 3 aliphatic heterocycles. The molecule has 0 bridgehead atoms. The summed E-state index contributed by atoms with van der Waals surface area (Å²) in [7, 11) is 0. The fourth-order valence-corrected chi connectivity index (χ4v) is 4.12. The summed E-state index contributed by atoms with van der Waals surface area (Å²) >= 11 is 0. The summed E-state index contributed by atoms with van der Waals surface area (Å²) in [6.07, 6.45) is 0.605. The van der Waals surface area contributed by atoms with Crippen molar-refractivity contribution in [2.75, 3.05) is 33.1 Å². The molecule has 10 nitrogen and oxygen atoms in total. The van der Waals surface area contributed by atoms with Crippen LogP contribution in [0.3, 0.4) is 0 Å². The standard InChI is InChI=1S/C24H24N2O8/c27-15(12-32-16-4-6-20-21(9-16)34-13-33-20)10-25-22(28)14-3-5-18-19(8-14)24(30)26(23(18)29)11-17-2-1-7-31-17/h3-6,8-9,15,17,27H,1-2,7,10-13H2,(H,25,28). The number of nitrogens with zero attached hydrogens (tertiary/aromatic N) is 1. The molecule has 1 fully saturated rings. The lowest BCUT2D eigenvalue weighted by Crippen LogP contribution is -2.36. The fraction of sp³-hybridized carbons (Fsp3) is 0.375. The minimum Gasteiger partial charge on any atom is -0.491 e. The van der Waals surface area contributed by atoms with E-state index in [0.717, 1.165) is 12.8 Å². The van der Waals surface area contributed by atoms with Gasteiger partial charge in [-0.15, -0.1) is 0 Å². The first-order valence-corrected chi connectivity index (χ1v) is 11.1. The van der Waals surface area contributed by atoms with Crippen LogP contribution in [0.5, 0.6) is 17.2 Å². The third-order valence-corrected chi connectivity index (χ3v) is 5.93. The number of imide groups is 1. The summed E-state index contributed by atoms with van der Waals surface area (Å²) in [6.45, 7) is 0.895. The number of carbonyl (C=O) groups excluding carboxylic acids is 3. The summed E-state index contributed by atoms with van der Waals surface area (Å²) in [5.41, 5.74) is 0.696. The highest BCUT2D eigenvalue weighted by atomic mass is 16.7. The first kappa shape index (κ1) is 22.2. The van der Waals surface area contributed by atoms with Crippen LogP contribution < -0.4 is 19.5 Å². The number of aliphatic hydroxyl groups excluding tert-OH is 1. The molecule has 3 aliphatic rings. The van der Waals surface area contributed by atoms with Gasteiger partial charge in [-0.1, -0.05) is 0 Å². The Hall–Kier alpha value is -3.63. The van der Waals surface area contributed by atoms with E-state index in [1.165, 1.54) is 23.1 Å². The van der Waals surface area contributed by atoms with E-state index in [9.17, 15) is 19.5 Å². The van der Waals surface area contributed by atoms with E-state index in [-0.39, 0.29) is 55.2 Å². The Balaban J connectivity index is 1.15. The predicted molar refractivity (Wildman–Crippen MR) is 117 cm³/mol. The van der Waals surface area contributed by atoms with Crippen LogP contribution in [0.1, 0.15) is 43.9 Å². The molecule has 34 heavy (non-hydrogen) atoms. The topological polar surface area (TPSA) is 124 Å². The second-order valence-corrected chi connectivity index (χ2v) is 8.31. The lowest BCUT2D eigenvalue weighted by Gasteiger charge is -2.17. The van der Waals surface area contributed by atoms with Crippen molar-refractivity contribution >= 4 is 17.7 Å². The number of benzene rings is 2. The lowest BCUT2D eigenvalue weighted by molar-refractivity contribution is 0.0475. The van der Waals surface area contributed by atoms with Crippen molar-refractivity contribution in [1.29, 1.82) is 0 Å². The Bertz CT molecular complexity index is 1130. The predicted octanol–water partition coefficient (Wildman–Crippen LogP) is 1.36. The Labute approximate surface area is 195 Å². The second-order valence-electron chi connectivity index (χ2n) is 8.31. The van der Waals surface area contributed by atoms with Crippen molar-refractivity contribution in [2.45, 2.75) is 25.0 Å². The largest absolute Gasteiger partial charge is 0.491 e. The number of ether oxygens (including phenoxy) is 4. The quantitative estimate of drug-likeness (QED) is 0.557. The van der Waals surface area contributed by atoms with Gasteiger partial charge in [-0.05, 0) is 43.2 Å². The van der Waals surface area contributed by atoms with E-state index in [1.54, 1.807) is 18.2 Å². The maximum Gasteiger partial charge on any atom is 0.261 e. The third kappa shape index (κ3) is 4.42. The molecule has 0 aliphatic carbocycles. The van der Waals surface area contributed by atoms with Crippen LogP contribution in [-0.4, -0.2) is 73.0 Å². The van der Waals surface area contributed by atoms with Crippen LogP contribution >= 0.6 is 0 Å². The van der Waals surface area contributed by atoms with Crippen molar-refractivity contribution < 1.29 is 38.4 Å². The molecule has 5 rings (SSSR count). The molecule has 0 radical (unpaired) electrons. The molecular formula is C24H24N2O8. The van der Waals surface area contributed by atoms with E-state index in [4.69, 9.17) is 18.9 Å². The summed E-state index contributed by atoms with van der Waals surface area (Å²) in [5.74, 6) is 0.427. The van der Waals surface area contributed by atoms with E-state index < -0.39 is 17.9 Å². The van der Waals surface area contributed by atoms with Crippen LogP contribution in [-0.2, 0) is 4.74 Å². The molecule has 2 atom stereocenters. The summed E-state index contributed by atoms with van der Waals surface area (Å²) in [5, 5.41) is 12.8. The second kappa shape index (κ2) is 9.32. The fourth-order valence-electron chi connectivity index (χ4n) is 4.12. The Morgan fingerprint density at radius 1 is 1.12 bits per heavy atom.